The van der Waals surface area contributed by atoms with Gasteiger partial charge in [-0.2, -0.15) is 5.10 Å². The Hall–Kier alpha value is -1.72. The van der Waals surface area contributed by atoms with Crippen molar-refractivity contribution in [1.29, 1.82) is 0 Å². The fraction of sp³-hybridized carbons (Fsp3) is 0.167. The highest BCUT2D eigenvalue weighted by molar-refractivity contribution is 6.37. The number of hydrogen-bond donors (Lipinski definition) is 1. The fourth-order valence-corrected chi connectivity index (χ4v) is 1.94. The fourth-order valence-electron chi connectivity index (χ4n) is 1.43. The maximum atomic E-state index is 11.3. The maximum Gasteiger partial charge on any atom is 0.271 e. The lowest BCUT2D eigenvalue weighted by Crippen LogP contribution is -2.19. The monoisotopic (exact) mass is 299 g/mol. The van der Waals surface area contributed by atoms with E-state index >= 15 is 0 Å². The molecule has 0 aliphatic rings. The number of rotatable bonds is 4. The van der Waals surface area contributed by atoms with Crippen LogP contribution < -0.4 is 10.1 Å². The predicted molar refractivity (Wildman–Crippen MR) is 72.7 cm³/mol. The van der Waals surface area contributed by atoms with E-state index in [2.05, 4.69) is 10.4 Å². The topological polar surface area (TPSA) is 56.2 Å². The van der Waals surface area contributed by atoms with Crippen molar-refractivity contribution in [3.05, 3.63) is 46.2 Å². The van der Waals surface area contributed by atoms with E-state index in [0.29, 0.717) is 21.5 Å². The molecule has 1 aromatic heterocycles. The average Bonchev–Trinajstić information content (AvgIpc) is 2.86. The van der Waals surface area contributed by atoms with Crippen LogP contribution in [-0.4, -0.2) is 22.7 Å². The van der Waals surface area contributed by atoms with Crippen LogP contribution in [0.2, 0.25) is 10.0 Å². The van der Waals surface area contributed by atoms with Crippen molar-refractivity contribution in [3.63, 3.8) is 0 Å². The Kier molecular flexibility index (Phi) is 4.29. The largest absolute Gasteiger partial charge is 0.468 e. The molecular weight excluding hydrogens is 289 g/mol. The number of hydrogen-bond acceptors (Lipinski definition) is 3. The highest BCUT2D eigenvalue weighted by atomic mass is 35.5. The van der Waals surface area contributed by atoms with Crippen LogP contribution in [0.5, 0.6) is 5.75 Å². The van der Waals surface area contributed by atoms with Crippen LogP contribution in [-0.2, 0) is 6.73 Å². The summed E-state index contributed by atoms with van der Waals surface area (Å²) in [6.45, 7) is 0.112. The van der Waals surface area contributed by atoms with Crippen molar-refractivity contribution in [1.82, 2.24) is 15.1 Å². The molecule has 100 valence electrons. The number of ether oxygens (including phenoxy) is 1. The van der Waals surface area contributed by atoms with Gasteiger partial charge in [-0.3, -0.25) is 4.79 Å². The summed E-state index contributed by atoms with van der Waals surface area (Å²) in [5, 5.41) is 7.38. The van der Waals surface area contributed by atoms with Crippen LogP contribution in [0, 0.1) is 0 Å². The third-order valence-corrected chi connectivity index (χ3v) is 2.96. The summed E-state index contributed by atoms with van der Waals surface area (Å²) in [6.07, 6.45) is 1.63. The van der Waals surface area contributed by atoms with Gasteiger partial charge in [-0.15, -0.1) is 0 Å². The Labute approximate surface area is 120 Å². The molecule has 0 atom stereocenters. The molecule has 0 bridgehead atoms. The molecule has 0 spiro atoms. The maximum absolute atomic E-state index is 11.3. The first-order chi connectivity index (χ1) is 9.11. The summed E-state index contributed by atoms with van der Waals surface area (Å²) in [5.41, 5.74) is 0.316. The average molecular weight is 300 g/mol. The Morgan fingerprint density at radius 3 is 2.68 bits per heavy atom. The van der Waals surface area contributed by atoms with Gasteiger partial charge in [0.15, 0.2) is 12.5 Å². The van der Waals surface area contributed by atoms with Crippen LogP contribution in [0.3, 0.4) is 0 Å². The molecule has 1 aromatic carbocycles. The van der Waals surface area contributed by atoms with Gasteiger partial charge in [0.2, 0.25) is 0 Å². The van der Waals surface area contributed by atoms with Crippen LogP contribution in [0.25, 0.3) is 0 Å². The second-order valence-corrected chi connectivity index (χ2v) is 4.46. The van der Waals surface area contributed by atoms with E-state index in [1.54, 1.807) is 37.5 Å². The molecule has 1 heterocycles. The molecule has 0 saturated carbocycles. The van der Waals surface area contributed by atoms with Gasteiger partial charge < -0.3 is 10.1 Å². The molecule has 0 aliphatic carbocycles. The van der Waals surface area contributed by atoms with E-state index in [0.717, 1.165) is 0 Å². The van der Waals surface area contributed by atoms with Crippen molar-refractivity contribution < 1.29 is 9.53 Å². The lowest BCUT2D eigenvalue weighted by Gasteiger charge is -2.09. The SMILES string of the molecule is CNC(=O)c1ccn(COc2c(Cl)cccc2Cl)n1. The number of nitrogens with zero attached hydrogens (tertiary/aromatic N) is 2. The van der Waals surface area contributed by atoms with E-state index in [-0.39, 0.29) is 12.6 Å². The van der Waals surface area contributed by atoms with Gasteiger partial charge in [0.25, 0.3) is 5.91 Å². The minimum Gasteiger partial charge on any atom is -0.468 e. The Morgan fingerprint density at radius 1 is 1.37 bits per heavy atom. The Bertz CT molecular complexity index is 578. The van der Waals surface area contributed by atoms with E-state index < -0.39 is 0 Å². The summed E-state index contributed by atoms with van der Waals surface area (Å²) in [7, 11) is 1.54. The van der Waals surface area contributed by atoms with Gasteiger partial charge in [0.1, 0.15) is 5.69 Å². The van der Waals surface area contributed by atoms with Gasteiger partial charge in [0.05, 0.1) is 10.0 Å². The zero-order valence-electron chi connectivity index (χ0n) is 10.1. The third kappa shape index (κ3) is 3.19. The third-order valence-electron chi connectivity index (χ3n) is 2.36. The molecule has 0 fully saturated rings. The summed E-state index contributed by atoms with van der Waals surface area (Å²) < 4.78 is 6.96. The molecule has 19 heavy (non-hydrogen) atoms. The van der Waals surface area contributed by atoms with Crippen molar-refractivity contribution in [2.24, 2.45) is 0 Å². The lowest BCUT2D eigenvalue weighted by molar-refractivity contribution is 0.0956. The Balaban J connectivity index is 2.07. The molecule has 0 saturated heterocycles. The minimum absolute atomic E-state index is 0.112. The van der Waals surface area contributed by atoms with Crippen LogP contribution in [0.4, 0.5) is 0 Å². The van der Waals surface area contributed by atoms with E-state index in [1.165, 1.54) is 4.68 Å². The van der Waals surface area contributed by atoms with Crippen molar-refractivity contribution in [2.75, 3.05) is 7.05 Å². The zero-order valence-corrected chi connectivity index (χ0v) is 11.6. The van der Waals surface area contributed by atoms with E-state index in [9.17, 15) is 4.79 Å². The first-order valence-corrected chi connectivity index (χ1v) is 6.19. The smallest absolute Gasteiger partial charge is 0.271 e. The zero-order chi connectivity index (χ0) is 13.8. The molecule has 7 heteroatoms. The number of amides is 1. The number of carbonyl (C=O) groups is 1. The number of carbonyl (C=O) groups excluding carboxylic acids is 1. The second kappa shape index (κ2) is 5.95. The minimum atomic E-state index is -0.255. The number of aromatic nitrogens is 2. The summed E-state index contributed by atoms with van der Waals surface area (Å²) in [4.78, 5) is 11.3. The van der Waals surface area contributed by atoms with E-state index in [1.807, 2.05) is 0 Å². The molecule has 2 rings (SSSR count). The first kappa shape index (κ1) is 13.7. The molecule has 5 nitrogen and oxygen atoms in total. The van der Waals surface area contributed by atoms with Crippen molar-refractivity contribution >= 4 is 29.1 Å². The molecule has 2 aromatic rings. The van der Waals surface area contributed by atoms with Gasteiger partial charge in [-0.25, -0.2) is 4.68 Å². The summed E-state index contributed by atoms with van der Waals surface area (Å²) >= 11 is 11.9. The first-order valence-electron chi connectivity index (χ1n) is 5.44. The molecule has 1 amide bonds. The number of halogens is 2. The van der Waals surface area contributed by atoms with Crippen molar-refractivity contribution in [3.8, 4) is 5.75 Å². The Morgan fingerprint density at radius 2 is 2.05 bits per heavy atom. The molecule has 1 N–H and O–H groups in total. The molecule has 0 radical (unpaired) electrons. The number of nitrogens with one attached hydrogen (secondary N) is 1. The number of benzene rings is 1. The van der Waals surface area contributed by atoms with Gasteiger partial charge in [0, 0.05) is 13.2 Å². The molecule has 0 aliphatic heterocycles. The molecule has 0 unspecified atom stereocenters. The van der Waals surface area contributed by atoms with Crippen molar-refractivity contribution in [2.45, 2.75) is 6.73 Å². The van der Waals surface area contributed by atoms with Gasteiger partial charge in [-0.1, -0.05) is 29.3 Å². The normalized spacial score (nSPS) is 10.3. The predicted octanol–water partition coefficient (Wildman–Crippen LogP) is 2.59. The van der Waals surface area contributed by atoms with Gasteiger partial charge in [-0.05, 0) is 18.2 Å². The summed E-state index contributed by atoms with van der Waals surface area (Å²) in [5.74, 6) is 0.136. The standard InChI is InChI=1S/C12H11Cl2N3O2/c1-15-12(18)10-5-6-17(16-10)7-19-11-8(13)3-2-4-9(11)14/h2-6H,7H2,1H3,(H,15,18). The van der Waals surface area contributed by atoms with Crippen LogP contribution in [0.1, 0.15) is 10.5 Å². The quantitative estimate of drug-likeness (QED) is 0.944. The number of para-hydroxylation sites is 1. The van der Waals surface area contributed by atoms with E-state index in [4.69, 9.17) is 27.9 Å². The summed E-state index contributed by atoms with van der Waals surface area (Å²) in [6, 6.07) is 6.69. The van der Waals surface area contributed by atoms with Gasteiger partial charge >= 0.3 is 0 Å². The highest BCUT2D eigenvalue weighted by Gasteiger charge is 2.09. The lowest BCUT2D eigenvalue weighted by atomic mass is 10.3. The highest BCUT2D eigenvalue weighted by Crippen LogP contribution is 2.32. The van der Waals surface area contributed by atoms with Crippen LogP contribution in [0.15, 0.2) is 30.5 Å². The molecular formula is C12H11Cl2N3O2. The van der Waals surface area contributed by atoms with Crippen LogP contribution >= 0.6 is 23.2 Å². The second-order valence-electron chi connectivity index (χ2n) is 3.64.